The summed E-state index contributed by atoms with van der Waals surface area (Å²) in [6.45, 7) is 0.209. The van der Waals surface area contributed by atoms with Gasteiger partial charge in [-0.05, 0) is 6.07 Å². The van der Waals surface area contributed by atoms with Crippen LogP contribution in [0.5, 0.6) is 0 Å². The van der Waals surface area contributed by atoms with Gasteiger partial charge in [-0.15, -0.1) is 0 Å². The third kappa shape index (κ3) is 2.74. The predicted octanol–water partition coefficient (Wildman–Crippen LogP) is -1.17. The van der Waals surface area contributed by atoms with Gasteiger partial charge in [0, 0.05) is 13.1 Å². The van der Waals surface area contributed by atoms with Gasteiger partial charge in [0.2, 0.25) is 0 Å². The Kier molecular flexibility index (Phi) is 2.95. The van der Waals surface area contributed by atoms with Crippen molar-refractivity contribution in [1.82, 2.24) is 30.3 Å². The molecule has 0 aliphatic heterocycles. The highest BCUT2D eigenvalue weighted by atomic mass is 16.2. The summed E-state index contributed by atoms with van der Waals surface area (Å²) in [6, 6.07) is 2.58. The summed E-state index contributed by atoms with van der Waals surface area (Å²) in [5, 5.41) is 12.4. The van der Waals surface area contributed by atoms with Crippen LogP contribution in [0.4, 0.5) is 0 Å². The van der Waals surface area contributed by atoms with Crippen molar-refractivity contribution < 1.29 is 4.79 Å². The SMILES string of the molecule is Cn1cnc(CNC(=O)c2ccc(=O)[nH]n2)n1. The van der Waals surface area contributed by atoms with E-state index in [2.05, 4.69) is 25.6 Å². The van der Waals surface area contributed by atoms with E-state index in [9.17, 15) is 9.59 Å². The second-order valence-electron chi connectivity index (χ2n) is 3.32. The van der Waals surface area contributed by atoms with Crippen molar-refractivity contribution in [1.29, 1.82) is 0 Å². The van der Waals surface area contributed by atoms with Gasteiger partial charge in [0.05, 0.1) is 6.54 Å². The molecule has 0 unspecified atom stereocenters. The molecule has 0 aromatic carbocycles. The Balaban J connectivity index is 1.98. The summed E-state index contributed by atoms with van der Waals surface area (Å²) in [4.78, 5) is 26.3. The Morgan fingerprint density at radius 3 is 2.94 bits per heavy atom. The maximum Gasteiger partial charge on any atom is 0.272 e. The Hall–Kier alpha value is -2.51. The van der Waals surface area contributed by atoms with Crippen LogP contribution in [-0.2, 0) is 13.6 Å². The molecule has 0 aliphatic carbocycles. The van der Waals surface area contributed by atoms with Crippen LogP contribution in [0.15, 0.2) is 23.3 Å². The maximum atomic E-state index is 11.6. The molecule has 2 heterocycles. The fourth-order valence-electron chi connectivity index (χ4n) is 1.19. The zero-order valence-corrected chi connectivity index (χ0v) is 9.04. The van der Waals surface area contributed by atoms with Crippen LogP contribution in [0, 0.1) is 0 Å². The zero-order valence-electron chi connectivity index (χ0n) is 9.04. The van der Waals surface area contributed by atoms with E-state index < -0.39 is 5.91 Å². The van der Waals surface area contributed by atoms with Crippen LogP contribution in [0.25, 0.3) is 0 Å². The Morgan fingerprint density at radius 1 is 1.53 bits per heavy atom. The van der Waals surface area contributed by atoms with Crippen molar-refractivity contribution in [3.05, 3.63) is 40.3 Å². The van der Waals surface area contributed by atoms with Gasteiger partial charge in [0.15, 0.2) is 5.82 Å². The van der Waals surface area contributed by atoms with Crippen LogP contribution in [0.2, 0.25) is 0 Å². The monoisotopic (exact) mass is 234 g/mol. The average Bonchev–Trinajstić information content (AvgIpc) is 2.73. The number of nitrogens with one attached hydrogen (secondary N) is 2. The van der Waals surface area contributed by atoms with E-state index in [1.807, 2.05) is 0 Å². The van der Waals surface area contributed by atoms with Crippen molar-refractivity contribution in [2.75, 3.05) is 0 Å². The first-order valence-corrected chi connectivity index (χ1v) is 4.83. The molecular weight excluding hydrogens is 224 g/mol. The molecule has 0 saturated carbocycles. The van der Waals surface area contributed by atoms with E-state index in [1.165, 1.54) is 12.1 Å². The lowest BCUT2D eigenvalue weighted by Gasteiger charge is -2.00. The molecule has 8 nitrogen and oxygen atoms in total. The molecule has 0 aliphatic rings. The highest BCUT2D eigenvalue weighted by Gasteiger charge is 2.08. The minimum Gasteiger partial charge on any atom is -0.343 e. The summed E-state index contributed by atoms with van der Waals surface area (Å²) in [7, 11) is 1.74. The van der Waals surface area contributed by atoms with Crippen molar-refractivity contribution in [3.8, 4) is 0 Å². The molecule has 0 spiro atoms. The number of amides is 1. The van der Waals surface area contributed by atoms with Crippen molar-refractivity contribution in [2.45, 2.75) is 6.54 Å². The number of nitrogens with zero attached hydrogens (tertiary/aromatic N) is 4. The molecule has 0 atom stereocenters. The summed E-state index contributed by atoms with van der Waals surface area (Å²) < 4.78 is 1.54. The van der Waals surface area contributed by atoms with Crippen LogP contribution in [0.1, 0.15) is 16.3 Å². The van der Waals surface area contributed by atoms with E-state index in [0.717, 1.165) is 0 Å². The fraction of sp³-hybridized carbons (Fsp3) is 0.222. The van der Waals surface area contributed by atoms with Crippen LogP contribution in [-0.4, -0.2) is 30.9 Å². The first-order valence-electron chi connectivity index (χ1n) is 4.83. The van der Waals surface area contributed by atoms with Gasteiger partial charge in [0.1, 0.15) is 12.0 Å². The maximum absolute atomic E-state index is 11.6. The molecule has 88 valence electrons. The second kappa shape index (κ2) is 4.56. The molecule has 0 bridgehead atoms. The van der Waals surface area contributed by atoms with Crippen LogP contribution in [0.3, 0.4) is 0 Å². The molecule has 8 heteroatoms. The molecule has 1 amide bonds. The molecule has 0 saturated heterocycles. The smallest absolute Gasteiger partial charge is 0.272 e. The van der Waals surface area contributed by atoms with Gasteiger partial charge in [-0.3, -0.25) is 14.3 Å². The summed E-state index contributed by atoms with van der Waals surface area (Å²) >= 11 is 0. The van der Waals surface area contributed by atoms with Gasteiger partial charge in [0.25, 0.3) is 11.5 Å². The van der Waals surface area contributed by atoms with Crippen molar-refractivity contribution in [3.63, 3.8) is 0 Å². The minimum absolute atomic E-state index is 0.139. The lowest BCUT2D eigenvalue weighted by molar-refractivity contribution is 0.0943. The first kappa shape index (κ1) is 11.0. The molecular formula is C9H10N6O2. The topological polar surface area (TPSA) is 106 Å². The zero-order chi connectivity index (χ0) is 12.3. The highest BCUT2D eigenvalue weighted by molar-refractivity contribution is 5.91. The number of aryl methyl sites for hydroxylation is 1. The standard InChI is InChI=1S/C9H10N6O2/c1-15-5-11-7(14-15)4-10-9(17)6-2-3-8(16)13-12-6/h2-3,5H,4H2,1H3,(H,10,17)(H,13,16). The Labute approximate surface area is 95.7 Å². The van der Waals surface area contributed by atoms with Gasteiger partial charge < -0.3 is 5.32 Å². The molecule has 2 N–H and O–H groups in total. The van der Waals surface area contributed by atoms with Gasteiger partial charge in [-0.2, -0.15) is 10.2 Å². The van der Waals surface area contributed by atoms with Gasteiger partial charge in [-0.1, -0.05) is 0 Å². The molecule has 17 heavy (non-hydrogen) atoms. The normalized spacial score (nSPS) is 10.2. The molecule has 0 radical (unpaired) electrons. The lowest BCUT2D eigenvalue weighted by Crippen LogP contribution is -2.25. The van der Waals surface area contributed by atoms with Gasteiger partial charge in [-0.25, -0.2) is 10.1 Å². The molecule has 2 aromatic heterocycles. The highest BCUT2D eigenvalue weighted by Crippen LogP contribution is 1.91. The number of hydrogen-bond acceptors (Lipinski definition) is 5. The fourth-order valence-corrected chi connectivity index (χ4v) is 1.19. The van der Waals surface area contributed by atoms with Crippen molar-refractivity contribution in [2.24, 2.45) is 7.05 Å². The number of aromatic nitrogens is 5. The number of H-pyrrole nitrogens is 1. The first-order chi connectivity index (χ1) is 8.15. The Morgan fingerprint density at radius 2 is 2.35 bits per heavy atom. The van der Waals surface area contributed by atoms with Crippen LogP contribution >= 0.6 is 0 Å². The minimum atomic E-state index is -0.395. The predicted molar refractivity (Wildman–Crippen MR) is 57.0 cm³/mol. The van der Waals surface area contributed by atoms with E-state index in [4.69, 9.17) is 0 Å². The van der Waals surface area contributed by atoms with E-state index in [1.54, 1.807) is 18.1 Å². The number of carbonyl (C=O) groups is 1. The average molecular weight is 234 g/mol. The quantitative estimate of drug-likeness (QED) is 0.696. The summed E-state index contributed by atoms with van der Waals surface area (Å²) in [5.74, 6) is 0.110. The van der Waals surface area contributed by atoms with E-state index >= 15 is 0 Å². The molecule has 0 fully saturated rings. The number of rotatable bonds is 3. The number of aromatic amines is 1. The van der Waals surface area contributed by atoms with E-state index in [-0.39, 0.29) is 17.8 Å². The van der Waals surface area contributed by atoms with Crippen LogP contribution < -0.4 is 10.9 Å². The summed E-state index contributed by atoms with van der Waals surface area (Å²) in [6.07, 6.45) is 1.54. The largest absolute Gasteiger partial charge is 0.343 e. The Bertz CT molecular complexity index is 567. The molecule has 2 aromatic rings. The number of carbonyl (C=O) groups excluding carboxylic acids is 1. The third-order valence-corrected chi connectivity index (χ3v) is 1.97. The third-order valence-electron chi connectivity index (χ3n) is 1.97. The van der Waals surface area contributed by atoms with E-state index in [0.29, 0.717) is 5.82 Å². The lowest BCUT2D eigenvalue weighted by atomic mass is 10.3. The second-order valence-corrected chi connectivity index (χ2v) is 3.32. The van der Waals surface area contributed by atoms with Gasteiger partial charge >= 0.3 is 0 Å². The van der Waals surface area contributed by atoms with Crippen molar-refractivity contribution >= 4 is 5.91 Å². The number of hydrogen-bond donors (Lipinski definition) is 2. The summed E-state index contributed by atoms with van der Waals surface area (Å²) in [5.41, 5.74) is -0.214. The molecule has 2 rings (SSSR count).